The van der Waals surface area contributed by atoms with Gasteiger partial charge < -0.3 is 10.0 Å². The van der Waals surface area contributed by atoms with E-state index in [1.807, 2.05) is 30.3 Å². The van der Waals surface area contributed by atoms with Crippen LogP contribution < -0.4 is 4.90 Å². The fraction of sp³-hybridized carbons (Fsp3) is 0.200. The number of hydrogen-bond acceptors (Lipinski definition) is 5. The van der Waals surface area contributed by atoms with Gasteiger partial charge in [0.25, 0.3) is 5.69 Å². The molecule has 1 aliphatic heterocycles. The smallest absolute Gasteiger partial charge is 0.326 e. The summed E-state index contributed by atoms with van der Waals surface area (Å²) >= 11 is 0. The van der Waals surface area contributed by atoms with Gasteiger partial charge in [-0.05, 0) is 18.1 Å². The van der Waals surface area contributed by atoms with Gasteiger partial charge in [-0.3, -0.25) is 10.1 Å². The molecule has 27 heavy (non-hydrogen) atoms. The number of hydrogen-bond donors (Lipinski definition) is 1. The summed E-state index contributed by atoms with van der Waals surface area (Å²) in [5.41, 5.74) is 0.998. The van der Waals surface area contributed by atoms with Crippen molar-refractivity contribution in [1.82, 2.24) is 4.98 Å². The Morgan fingerprint density at radius 1 is 1.11 bits per heavy atom. The lowest BCUT2D eigenvalue weighted by Gasteiger charge is -2.24. The molecule has 3 aromatic rings. The minimum atomic E-state index is -0.919. The largest absolute Gasteiger partial charge is 0.480 e. The number of carbonyl (C=O) groups is 1. The molecule has 1 fully saturated rings. The molecule has 0 amide bonds. The zero-order valence-electron chi connectivity index (χ0n) is 14.4. The minimum Gasteiger partial charge on any atom is -0.480 e. The Hall–Kier alpha value is -3.48. The third-order valence-corrected chi connectivity index (χ3v) is 5.08. The lowest BCUT2D eigenvalue weighted by molar-refractivity contribution is -0.383. The summed E-state index contributed by atoms with van der Waals surface area (Å²) in [5, 5.41) is 22.1. The van der Waals surface area contributed by atoms with Gasteiger partial charge in [0.15, 0.2) is 0 Å². The van der Waals surface area contributed by atoms with E-state index in [0.717, 1.165) is 5.56 Å². The molecule has 0 saturated carbocycles. The first-order valence-corrected chi connectivity index (χ1v) is 8.63. The summed E-state index contributed by atoms with van der Waals surface area (Å²) in [6.45, 7) is 0.496. The van der Waals surface area contributed by atoms with Crippen LogP contribution in [-0.2, 0) is 4.79 Å². The molecular weight excluding hydrogens is 346 g/mol. The van der Waals surface area contributed by atoms with E-state index in [1.165, 1.54) is 6.20 Å². The van der Waals surface area contributed by atoms with Crippen molar-refractivity contribution >= 4 is 28.2 Å². The first-order chi connectivity index (χ1) is 13.1. The maximum atomic E-state index is 11.9. The summed E-state index contributed by atoms with van der Waals surface area (Å²) in [5.74, 6) is -0.386. The lowest BCUT2D eigenvalue weighted by Crippen LogP contribution is -2.36. The van der Waals surface area contributed by atoms with Crippen molar-refractivity contribution in [3.63, 3.8) is 0 Å². The van der Waals surface area contributed by atoms with Gasteiger partial charge in [0.1, 0.15) is 18.1 Å². The van der Waals surface area contributed by atoms with Crippen LogP contribution >= 0.6 is 0 Å². The van der Waals surface area contributed by atoms with Crippen LogP contribution in [0.1, 0.15) is 17.9 Å². The number of nitro groups is 1. The van der Waals surface area contributed by atoms with Crippen molar-refractivity contribution in [3.8, 4) is 0 Å². The van der Waals surface area contributed by atoms with E-state index in [4.69, 9.17) is 0 Å². The second-order valence-corrected chi connectivity index (χ2v) is 6.62. The van der Waals surface area contributed by atoms with Crippen LogP contribution in [0.5, 0.6) is 0 Å². The molecule has 4 rings (SSSR count). The summed E-state index contributed by atoms with van der Waals surface area (Å²) in [4.78, 5) is 28.8. The topological polar surface area (TPSA) is 96.6 Å². The second kappa shape index (κ2) is 6.68. The number of pyridine rings is 1. The van der Waals surface area contributed by atoms with Crippen LogP contribution in [0.4, 0.5) is 11.5 Å². The highest BCUT2D eigenvalue weighted by molar-refractivity contribution is 5.99. The van der Waals surface area contributed by atoms with Crippen molar-refractivity contribution in [2.24, 2.45) is 0 Å². The van der Waals surface area contributed by atoms with Crippen molar-refractivity contribution in [2.45, 2.75) is 18.4 Å². The van der Waals surface area contributed by atoms with Gasteiger partial charge in [0.2, 0.25) is 0 Å². The number of aliphatic carboxylic acids is 1. The average molecular weight is 363 g/mol. The zero-order valence-corrected chi connectivity index (χ0v) is 14.4. The average Bonchev–Trinajstić information content (AvgIpc) is 3.13. The molecule has 0 aliphatic carbocycles. The summed E-state index contributed by atoms with van der Waals surface area (Å²) < 4.78 is 0. The molecule has 1 aliphatic rings. The number of benzene rings is 2. The molecule has 7 nitrogen and oxygen atoms in total. The molecule has 0 bridgehead atoms. The van der Waals surface area contributed by atoms with Gasteiger partial charge in [0.05, 0.1) is 10.3 Å². The Morgan fingerprint density at radius 2 is 1.78 bits per heavy atom. The molecule has 1 N–H and O–H groups in total. The highest BCUT2D eigenvalue weighted by Gasteiger charge is 2.39. The fourth-order valence-corrected chi connectivity index (χ4v) is 3.81. The first kappa shape index (κ1) is 17.0. The molecular formula is C20H17N3O4. The van der Waals surface area contributed by atoms with Gasteiger partial charge in [0, 0.05) is 17.8 Å². The molecule has 1 saturated heterocycles. The molecule has 1 aromatic heterocycles. The van der Waals surface area contributed by atoms with Gasteiger partial charge in [-0.15, -0.1) is 0 Å². The van der Waals surface area contributed by atoms with Gasteiger partial charge in [-0.2, -0.15) is 0 Å². The van der Waals surface area contributed by atoms with Crippen LogP contribution in [-0.4, -0.2) is 33.6 Å². The van der Waals surface area contributed by atoms with E-state index in [9.17, 15) is 20.0 Å². The van der Waals surface area contributed by atoms with Crippen LogP contribution in [0.2, 0.25) is 0 Å². The van der Waals surface area contributed by atoms with Gasteiger partial charge >= 0.3 is 5.97 Å². The highest BCUT2D eigenvalue weighted by atomic mass is 16.6. The van der Waals surface area contributed by atoms with Crippen molar-refractivity contribution < 1.29 is 14.8 Å². The quantitative estimate of drug-likeness (QED) is 0.562. The van der Waals surface area contributed by atoms with E-state index in [2.05, 4.69) is 4.98 Å². The molecule has 136 valence electrons. The van der Waals surface area contributed by atoms with E-state index >= 15 is 0 Å². The molecule has 0 unspecified atom stereocenters. The molecule has 2 heterocycles. The third-order valence-electron chi connectivity index (χ3n) is 5.08. The number of nitrogens with zero attached hydrogens (tertiary/aromatic N) is 3. The number of carboxylic acid groups (broad SMARTS) is 1. The van der Waals surface area contributed by atoms with Gasteiger partial charge in [-0.1, -0.05) is 48.5 Å². The molecule has 7 heteroatoms. The Kier molecular flexibility index (Phi) is 4.19. The van der Waals surface area contributed by atoms with E-state index < -0.39 is 16.9 Å². The Bertz CT molecular complexity index is 1020. The maximum absolute atomic E-state index is 11.9. The first-order valence-electron chi connectivity index (χ1n) is 8.63. The number of anilines is 1. The standard InChI is InChI=1S/C20H17N3O4/c24-20(25)17-10-14(13-6-2-1-3-7-13)12-22(17)19-16-9-5-4-8-15(16)18(11-21-19)23(26)27/h1-9,11,14,17H,10,12H2,(H,24,25)/t14-,17+/m1/s1. The fourth-order valence-electron chi connectivity index (χ4n) is 3.81. The Balaban J connectivity index is 1.81. The van der Waals surface area contributed by atoms with Crippen molar-refractivity contribution in [3.05, 3.63) is 76.5 Å². The van der Waals surface area contributed by atoms with Gasteiger partial charge in [-0.25, -0.2) is 9.78 Å². The second-order valence-electron chi connectivity index (χ2n) is 6.62. The number of aromatic nitrogens is 1. The Labute approximate surface area is 155 Å². The molecule has 0 radical (unpaired) electrons. The predicted octanol–water partition coefficient (Wildman–Crippen LogP) is 3.59. The molecule has 0 spiro atoms. The predicted molar refractivity (Wildman–Crippen MR) is 101 cm³/mol. The van der Waals surface area contributed by atoms with Crippen molar-refractivity contribution in [1.29, 1.82) is 0 Å². The van der Waals surface area contributed by atoms with E-state index in [1.54, 1.807) is 29.2 Å². The van der Waals surface area contributed by atoms with Crippen LogP contribution in [0.25, 0.3) is 10.8 Å². The van der Waals surface area contributed by atoms with Crippen LogP contribution in [0.15, 0.2) is 60.8 Å². The zero-order chi connectivity index (χ0) is 19.0. The maximum Gasteiger partial charge on any atom is 0.326 e. The molecule has 2 aromatic carbocycles. The normalized spacial score (nSPS) is 19.3. The van der Waals surface area contributed by atoms with E-state index in [-0.39, 0.29) is 11.6 Å². The highest BCUT2D eigenvalue weighted by Crippen LogP contribution is 2.39. The summed E-state index contributed by atoms with van der Waals surface area (Å²) in [6, 6.07) is 16.0. The van der Waals surface area contributed by atoms with Crippen LogP contribution in [0, 0.1) is 10.1 Å². The summed E-state index contributed by atoms with van der Waals surface area (Å²) in [7, 11) is 0. The monoisotopic (exact) mass is 363 g/mol. The number of fused-ring (bicyclic) bond motifs is 1. The number of rotatable bonds is 4. The molecule has 2 atom stereocenters. The third kappa shape index (κ3) is 2.97. The summed E-state index contributed by atoms with van der Waals surface area (Å²) in [6.07, 6.45) is 1.68. The van der Waals surface area contributed by atoms with Crippen LogP contribution in [0.3, 0.4) is 0 Å². The SMILES string of the molecule is O=C(O)[C@@H]1C[C@@H](c2ccccc2)CN1c1ncc([N+](=O)[O-])c2ccccc12. The van der Waals surface area contributed by atoms with E-state index in [0.29, 0.717) is 29.6 Å². The number of carboxylic acids is 1. The lowest BCUT2D eigenvalue weighted by atomic mass is 9.96. The Morgan fingerprint density at radius 3 is 2.44 bits per heavy atom. The van der Waals surface area contributed by atoms with Crippen molar-refractivity contribution in [2.75, 3.05) is 11.4 Å². The minimum absolute atomic E-state index is 0.0584.